The van der Waals surface area contributed by atoms with Gasteiger partial charge in [-0.2, -0.15) is 0 Å². The number of hydrogen-bond acceptors (Lipinski definition) is 4. The van der Waals surface area contributed by atoms with Crippen LogP contribution in [0, 0.1) is 13.8 Å². The van der Waals surface area contributed by atoms with Gasteiger partial charge in [-0.25, -0.2) is 9.97 Å². The average molecular weight is 336 g/mol. The second-order valence-corrected chi connectivity index (χ2v) is 6.81. The van der Waals surface area contributed by atoms with E-state index < -0.39 is 0 Å². The standard InChI is InChI=1S/C21H28N4/c1-16-8-10-19(11-9-16)15-23-21-14-20(24-17(2)25-21)22-13-12-18-6-4-3-5-7-18/h6,8-11,14H,3-5,7,12-13,15H2,1-2H3,(H2,22,23,24,25). The summed E-state index contributed by atoms with van der Waals surface area (Å²) in [5.74, 6) is 2.55. The Kier molecular flexibility index (Phi) is 6.04. The van der Waals surface area contributed by atoms with Gasteiger partial charge in [0.15, 0.2) is 0 Å². The van der Waals surface area contributed by atoms with Crippen molar-refractivity contribution in [3.63, 3.8) is 0 Å². The van der Waals surface area contributed by atoms with Crippen LogP contribution in [-0.4, -0.2) is 16.5 Å². The highest BCUT2D eigenvalue weighted by Gasteiger charge is 2.05. The third-order valence-corrected chi connectivity index (χ3v) is 4.57. The summed E-state index contributed by atoms with van der Waals surface area (Å²) in [6.45, 7) is 5.74. The molecule has 0 bridgehead atoms. The lowest BCUT2D eigenvalue weighted by Crippen LogP contribution is -2.09. The number of benzene rings is 1. The van der Waals surface area contributed by atoms with Crippen molar-refractivity contribution in [1.82, 2.24) is 9.97 Å². The van der Waals surface area contributed by atoms with Gasteiger partial charge in [-0.3, -0.25) is 0 Å². The van der Waals surface area contributed by atoms with Gasteiger partial charge in [0.2, 0.25) is 0 Å². The maximum absolute atomic E-state index is 4.50. The summed E-state index contributed by atoms with van der Waals surface area (Å²) < 4.78 is 0. The summed E-state index contributed by atoms with van der Waals surface area (Å²) >= 11 is 0. The molecule has 2 N–H and O–H groups in total. The second kappa shape index (κ2) is 8.65. The van der Waals surface area contributed by atoms with Gasteiger partial charge in [0.1, 0.15) is 17.5 Å². The summed E-state index contributed by atoms with van der Waals surface area (Å²) in [4.78, 5) is 8.99. The normalized spacial score (nSPS) is 14.1. The highest BCUT2D eigenvalue weighted by atomic mass is 15.1. The maximum Gasteiger partial charge on any atom is 0.132 e. The maximum atomic E-state index is 4.50. The van der Waals surface area contributed by atoms with Crippen molar-refractivity contribution in [2.45, 2.75) is 52.5 Å². The number of anilines is 2. The van der Waals surface area contributed by atoms with E-state index in [0.717, 1.165) is 37.0 Å². The van der Waals surface area contributed by atoms with Gasteiger partial charge in [-0.1, -0.05) is 41.5 Å². The molecule has 1 heterocycles. The van der Waals surface area contributed by atoms with Crippen LogP contribution in [0.4, 0.5) is 11.6 Å². The van der Waals surface area contributed by atoms with Crippen molar-refractivity contribution in [1.29, 1.82) is 0 Å². The highest BCUT2D eigenvalue weighted by Crippen LogP contribution is 2.20. The van der Waals surface area contributed by atoms with Crippen LogP contribution in [0.5, 0.6) is 0 Å². The van der Waals surface area contributed by atoms with Crippen LogP contribution in [0.1, 0.15) is 49.1 Å². The van der Waals surface area contributed by atoms with E-state index in [1.807, 2.05) is 13.0 Å². The fraction of sp³-hybridized carbons (Fsp3) is 0.429. The van der Waals surface area contributed by atoms with Crippen molar-refractivity contribution in [3.05, 3.63) is 58.9 Å². The van der Waals surface area contributed by atoms with Gasteiger partial charge < -0.3 is 10.6 Å². The van der Waals surface area contributed by atoms with Crippen molar-refractivity contribution in [3.8, 4) is 0 Å². The van der Waals surface area contributed by atoms with Gasteiger partial charge in [-0.15, -0.1) is 0 Å². The number of aromatic nitrogens is 2. The van der Waals surface area contributed by atoms with E-state index in [0.29, 0.717) is 0 Å². The van der Waals surface area contributed by atoms with Crippen LogP contribution in [-0.2, 0) is 6.54 Å². The largest absolute Gasteiger partial charge is 0.370 e. The zero-order chi connectivity index (χ0) is 17.5. The number of aryl methyl sites for hydroxylation is 2. The molecule has 0 fully saturated rings. The zero-order valence-corrected chi connectivity index (χ0v) is 15.3. The molecule has 1 aliphatic rings. The van der Waals surface area contributed by atoms with Gasteiger partial charge in [0.25, 0.3) is 0 Å². The molecule has 3 rings (SSSR count). The molecule has 0 saturated carbocycles. The lowest BCUT2D eigenvalue weighted by atomic mass is 9.97. The lowest BCUT2D eigenvalue weighted by molar-refractivity contribution is 0.679. The molecular formula is C21H28N4. The molecule has 1 aromatic heterocycles. The first-order valence-corrected chi connectivity index (χ1v) is 9.26. The van der Waals surface area contributed by atoms with Crippen LogP contribution in [0.15, 0.2) is 42.0 Å². The monoisotopic (exact) mass is 336 g/mol. The minimum Gasteiger partial charge on any atom is -0.370 e. The molecule has 0 radical (unpaired) electrons. The summed E-state index contributed by atoms with van der Waals surface area (Å²) in [5.41, 5.74) is 4.11. The molecule has 0 aliphatic heterocycles. The Morgan fingerprint density at radius 1 is 0.960 bits per heavy atom. The molecule has 25 heavy (non-hydrogen) atoms. The third kappa shape index (κ3) is 5.59. The van der Waals surface area contributed by atoms with Gasteiger partial charge in [0, 0.05) is 19.2 Å². The third-order valence-electron chi connectivity index (χ3n) is 4.57. The average Bonchev–Trinajstić information content (AvgIpc) is 2.62. The topological polar surface area (TPSA) is 49.8 Å². The fourth-order valence-corrected chi connectivity index (χ4v) is 3.13. The van der Waals surface area contributed by atoms with Crippen LogP contribution in [0.3, 0.4) is 0 Å². The van der Waals surface area contributed by atoms with E-state index >= 15 is 0 Å². The van der Waals surface area contributed by atoms with Gasteiger partial charge in [0.05, 0.1) is 0 Å². The minimum absolute atomic E-state index is 0.767. The second-order valence-electron chi connectivity index (χ2n) is 6.81. The number of nitrogens with one attached hydrogen (secondary N) is 2. The molecule has 1 aromatic carbocycles. The molecule has 0 spiro atoms. The first-order valence-electron chi connectivity index (χ1n) is 9.26. The van der Waals surface area contributed by atoms with Crippen molar-refractivity contribution >= 4 is 11.6 Å². The first kappa shape index (κ1) is 17.5. The Labute approximate surface area is 150 Å². The SMILES string of the molecule is Cc1ccc(CNc2cc(NCCC3=CCCCC3)nc(C)n2)cc1. The molecule has 0 saturated heterocycles. The lowest BCUT2D eigenvalue weighted by Gasteiger charge is -2.14. The Hall–Kier alpha value is -2.36. The molecule has 0 amide bonds. The van der Waals surface area contributed by atoms with E-state index in [1.54, 1.807) is 5.57 Å². The van der Waals surface area contributed by atoms with Crippen LogP contribution in [0.25, 0.3) is 0 Å². The van der Waals surface area contributed by atoms with E-state index in [9.17, 15) is 0 Å². The molecule has 1 aliphatic carbocycles. The molecule has 2 aromatic rings. The van der Waals surface area contributed by atoms with Crippen LogP contribution in [0.2, 0.25) is 0 Å². The van der Waals surface area contributed by atoms with E-state index in [-0.39, 0.29) is 0 Å². The van der Waals surface area contributed by atoms with Gasteiger partial charge >= 0.3 is 0 Å². The quantitative estimate of drug-likeness (QED) is 0.698. The molecule has 132 valence electrons. The molecule has 0 unspecified atom stereocenters. The molecule has 4 heteroatoms. The first-order chi connectivity index (χ1) is 12.2. The predicted octanol–water partition coefficient (Wildman–Crippen LogP) is 5.01. The van der Waals surface area contributed by atoms with Crippen molar-refractivity contribution < 1.29 is 0 Å². The zero-order valence-electron chi connectivity index (χ0n) is 15.3. The van der Waals surface area contributed by atoms with Crippen molar-refractivity contribution in [2.24, 2.45) is 0 Å². The van der Waals surface area contributed by atoms with Crippen molar-refractivity contribution in [2.75, 3.05) is 17.2 Å². The number of allylic oxidation sites excluding steroid dienone is 1. The smallest absolute Gasteiger partial charge is 0.132 e. The fourth-order valence-electron chi connectivity index (χ4n) is 3.13. The van der Waals surface area contributed by atoms with Crippen LogP contribution >= 0.6 is 0 Å². The van der Waals surface area contributed by atoms with Crippen LogP contribution < -0.4 is 10.6 Å². The summed E-state index contributed by atoms with van der Waals surface area (Å²) in [5, 5.41) is 6.85. The molecule has 4 nitrogen and oxygen atoms in total. The van der Waals surface area contributed by atoms with E-state index in [1.165, 1.54) is 36.8 Å². The number of nitrogens with zero attached hydrogens (tertiary/aromatic N) is 2. The van der Waals surface area contributed by atoms with E-state index in [2.05, 4.69) is 57.9 Å². The Morgan fingerprint density at radius 3 is 2.44 bits per heavy atom. The molecule has 0 atom stereocenters. The molecular weight excluding hydrogens is 308 g/mol. The Bertz CT molecular complexity index is 719. The summed E-state index contributed by atoms with van der Waals surface area (Å²) in [7, 11) is 0. The predicted molar refractivity (Wildman–Crippen MR) is 105 cm³/mol. The minimum atomic E-state index is 0.767. The highest BCUT2D eigenvalue weighted by molar-refractivity contribution is 5.48. The van der Waals surface area contributed by atoms with Gasteiger partial charge in [-0.05, 0) is 51.5 Å². The Morgan fingerprint density at radius 2 is 1.72 bits per heavy atom. The van der Waals surface area contributed by atoms with E-state index in [4.69, 9.17) is 0 Å². The Balaban J connectivity index is 1.54. The summed E-state index contributed by atoms with van der Waals surface area (Å²) in [6, 6.07) is 10.6. The number of hydrogen-bond donors (Lipinski definition) is 2. The number of rotatable bonds is 7. The summed E-state index contributed by atoms with van der Waals surface area (Å²) in [6.07, 6.45) is 8.70.